The van der Waals surface area contributed by atoms with Gasteiger partial charge in [-0.25, -0.2) is 4.99 Å². The molecule has 2 aromatic carbocycles. The van der Waals surface area contributed by atoms with Crippen LogP contribution in [0.4, 0.5) is 26.3 Å². The standard InChI is InChI=1S/C26H23F6NO3S/c1-35-21-11-15(12-22-23(34)33-24(37-22)16-5-3-2-4-6-16)7-10-20(21)36-14-17-8-9-18(25(27,28)29)13-19(17)26(30,31)32/h7-13,16H,2-6,14H2,1H3/b22-12+. The fraction of sp³-hybridized carbons (Fsp3) is 0.385. The van der Waals surface area contributed by atoms with Gasteiger partial charge < -0.3 is 9.47 Å². The molecule has 1 aliphatic heterocycles. The largest absolute Gasteiger partial charge is 0.493 e. The smallest absolute Gasteiger partial charge is 0.416 e. The van der Waals surface area contributed by atoms with E-state index >= 15 is 0 Å². The molecule has 2 aromatic rings. The molecule has 0 aromatic heterocycles. The van der Waals surface area contributed by atoms with Gasteiger partial charge in [-0.05, 0) is 48.7 Å². The van der Waals surface area contributed by atoms with Gasteiger partial charge in [-0.1, -0.05) is 43.2 Å². The predicted molar refractivity (Wildman–Crippen MR) is 128 cm³/mol. The topological polar surface area (TPSA) is 47.9 Å². The number of hydrogen-bond donors (Lipinski definition) is 0. The van der Waals surface area contributed by atoms with Crippen LogP contribution in [-0.4, -0.2) is 18.1 Å². The first kappa shape index (κ1) is 27.1. The van der Waals surface area contributed by atoms with Gasteiger partial charge in [0, 0.05) is 11.5 Å². The van der Waals surface area contributed by atoms with Crippen LogP contribution in [-0.2, 0) is 23.8 Å². The number of halogens is 6. The summed E-state index contributed by atoms with van der Waals surface area (Å²) in [5.41, 5.74) is -2.67. The minimum atomic E-state index is -5.00. The summed E-state index contributed by atoms with van der Waals surface area (Å²) >= 11 is 1.35. The summed E-state index contributed by atoms with van der Waals surface area (Å²) in [5, 5.41) is 0.833. The highest BCUT2D eigenvalue weighted by Crippen LogP contribution is 2.40. The predicted octanol–water partition coefficient (Wildman–Crippen LogP) is 7.90. The van der Waals surface area contributed by atoms with E-state index in [4.69, 9.17) is 9.47 Å². The van der Waals surface area contributed by atoms with E-state index in [1.165, 1.54) is 31.4 Å². The number of ether oxygens (including phenoxy) is 2. The molecule has 11 heteroatoms. The molecule has 4 nitrogen and oxygen atoms in total. The van der Waals surface area contributed by atoms with Crippen LogP contribution in [0.25, 0.3) is 6.08 Å². The summed E-state index contributed by atoms with van der Waals surface area (Å²) in [6, 6.07) is 6.05. The van der Waals surface area contributed by atoms with Crippen molar-refractivity contribution in [1.29, 1.82) is 0 Å². The molecule has 1 heterocycles. The minimum absolute atomic E-state index is 0.0745. The number of carbonyl (C=O) groups is 1. The van der Waals surface area contributed by atoms with E-state index in [1.807, 2.05) is 0 Å². The third kappa shape index (κ3) is 6.49. The van der Waals surface area contributed by atoms with Gasteiger partial charge in [0.15, 0.2) is 11.5 Å². The highest BCUT2D eigenvalue weighted by atomic mass is 32.2. The number of benzene rings is 2. The second-order valence-electron chi connectivity index (χ2n) is 8.77. The summed E-state index contributed by atoms with van der Waals surface area (Å²) in [4.78, 5) is 17.1. The summed E-state index contributed by atoms with van der Waals surface area (Å²) in [6.07, 6.45) is -2.78. The van der Waals surface area contributed by atoms with Gasteiger partial charge in [0.2, 0.25) is 0 Å². The first-order valence-corrected chi connectivity index (χ1v) is 12.4. The zero-order chi connectivity index (χ0) is 26.8. The first-order chi connectivity index (χ1) is 17.5. The van der Waals surface area contributed by atoms with Crippen LogP contribution >= 0.6 is 11.8 Å². The Morgan fingerprint density at radius 3 is 2.35 bits per heavy atom. The number of rotatable bonds is 6. The molecule has 1 amide bonds. The number of hydrogen-bond acceptors (Lipinski definition) is 4. The van der Waals surface area contributed by atoms with Crippen molar-refractivity contribution in [3.8, 4) is 11.5 Å². The lowest BCUT2D eigenvalue weighted by molar-refractivity contribution is -0.143. The zero-order valence-electron chi connectivity index (χ0n) is 19.7. The molecule has 1 saturated carbocycles. The van der Waals surface area contributed by atoms with Gasteiger partial charge >= 0.3 is 12.4 Å². The highest BCUT2D eigenvalue weighted by Gasteiger charge is 2.38. The molecule has 198 valence electrons. The normalized spacial score (nSPS) is 18.3. The van der Waals surface area contributed by atoms with Gasteiger partial charge in [-0.2, -0.15) is 26.3 Å². The lowest BCUT2D eigenvalue weighted by Crippen LogP contribution is -2.14. The van der Waals surface area contributed by atoms with Gasteiger partial charge in [0.05, 0.1) is 28.2 Å². The van der Waals surface area contributed by atoms with E-state index in [0.717, 1.165) is 36.8 Å². The molecule has 1 fully saturated rings. The average molecular weight is 544 g/mol. The molecule has 4 rings (SSSR count). The number of amides is 1. The highest BCUT2D eigenvalue weighted by molar-refractivity contribution is 8.18. The number of thioether (sulfide) groups is 1. The van der Waals surface area contributed by atoms with Gasteiger partial charge in [-0.15, -0.1) is 0 Å². The quantitative estimate of drug-likeness (QED) is 0.275. The maximum Gasteiger partial charge on any atom is 0.416 e. The lowest BCUT2D eigenvalue weighted by Gasteiger charge is -2.20. The Bertz CT molecular complexity index is 1230. The minimum Gasteiger partial charge on any atom is -0.493 e. The molecule has 37 heavy (non-hydrogen) atoms. The van der Waals surface area contributed by atoms with Crippen molar-refractivity contribution in [2.24, 2.45) is 10.9 Å². The molecule has 2 aliphatic rings. The van der Waals surface area contributed by atoms with Gasteiger partial charge in [0.25, 0.3) is 5.91 Å². The van der Waals surface area contributed by atoms with E-state index in [1.54, 1.807) is 18.2 Å². The van der Waals surface area contributed by atoms with E-state index < -0.39 is 35.6 Å². The maximum absolute atomic E-state index is 13.4. The Morgan fingerprint density at radius 2 is 1.70 bits per heavy atom. The molecular formula is C26H23F6NO3S. The number of methoxy groups -OCH3 is 1. The molecule has 0 atom stereocenters. The molecule has 0 N–H and O–H groups in total. The van der Waals surface area contributed by atoms with Crippen LogP contribution in [0.15, 0.2) is 46.3 Å². The van der Waals surface area contributed by atoms with E-state index in [0.29, 0.717) is 22.5 Å². The summed E-state index contributed by atoms with van der Waals surface area (Å²) < 4.78 is 89.8. The van der Waals surface area contributed by atoms with Crippen molar-refractivity contribution in [2.75, 3.05) is 7.11 Å². The fourth-order valence-electron chi connectivity index (χ4n) is 4.29. The molecule has 0 saturated heterocycles. The van der Waals surface area contributed by atoms with E-state index in [-0.39, 0.29) is 23.5 Å². The maximum atomic E-state index is 13.4. The summed E-state index contributed by atoms with van der Waals surface area (Å²) in [7, 11) is 1.35. The third-order valence-electron chi connectivity index (χ3n) is 6.20. The zero-order valence-corrected chi connectivity index (χ0v) is 20.5. The first-order valence-electron chi connectivity index (χ1n) is 11.6. The monoisotopic (exact) mass is 543 g/mol. The number of alkyl halides is 6. The van der Waals surface area contributed by atoms with Crippen LogP contribution in [0.1, 0.15) is 54.4 Å². The van der Waals surface area contributed by atoms with E-state index in [2.05, 4.69) is 4.99 Å². The van der Waals surface area contributed by atoms with E-state index in [9.17, 15) is 31.1 Å². The third-order valence-corrected chi connectivity index (χ3v) is 7.35. The van der Waals surface area contributed by atoms with Crippen molar-refractivity contribution in [1.82, 2.24) is 0 Å². The van der Waals surface area contributed by atoms with Crippen LogP contribution in [0.3, 0.4) is 0 Å². The Labute approximate surface area is 213 Å². The Kier molecular flexibility index (Phi) is 7.91. The Hall–Kier alpha value is -2.95. The van der Waals surface area contributed by atoms with Crippen molar-refractivity contribution >= 4 is 28.8 Å². The second kappa shape index (κ2) is 10.8. The SMILES string of the molecule is COc1cc(/C=C2/SC(C3CCCCC3)=NC2=O)ccc1OCc1ccc(C(F)(F)F)cc1C(F)(F)F. The summed E-state index contributed by atoms with van der Waals surface area (Å²) in [6.45, 7) is -0.628. The molecule has 0 spiro atoms. The van der Waals surface area contributed by atoms with Crippen LogP contribution in [0, 0.1) is 5.92 Å². The van der Waals surface area contributed by atoms with Crippen LogP contribution in [0.5, 0.6) is 11.5 Å². The Morgan fingerprint density at radius 1 is 0.973 bits per heavy atom. The van der Waals surface area contributed by atoms with Crippen molar-refractivity contribution in [3.05, 3.63) is 63.6 Å². The lowest BCUT2D eigenvalue weighted by atomic mass is 9.90. The molecular weight excluding hydrogens is 520 g/mol. The average Bonchev–Trinajstić information content (AvgIpc) is 3.22. The van der Waals surface area contributed by atoms with Gasteiger partial charge in [-0.3, -0.25) is 4.79 Å². The second-order valence-corrected chi connectivity index (χ2v) is 9.83. The molecule has 1 aliphatic carbocycles. The molecule has 0 radical (unpaired) electrons. The Balaban J connectivity index is 1.50. The van der Waals surface area contributed by atoms with Crippen LogP contribution in [0.2, 0.25) is 0 Å². The summed E-state index contributed by atoms with van der Waals surface area (Å²) in [5.74, 6) is 0.276. The molecule has 0 bridgehead atoms. The van der Waals surface area contributed by atoms with Crippen molar-refractivity contribution < 1.29 is 40.6 Å². The number of aliphatic imine (C=N–C) groups is 1. The van der Waals surface area contributed by atoms with Crippen LogP contribution < -0.4 is 9.47 Å². The number of carbonyl (C=O) groups excluding carboxylic acids is 1. The number of nitrogens with zero attached hydrogens (tertiary/aromatic N) is 1. The van der Waals surface area contributed by atoms with Gasteiger partial charge in [0.1, 0.15) is 6.61 Å². The van der Waals surface area contributed by atoms with Crippen molar-refractivity contribution in [3.63, 3.8) is 0 Å². The fourth-order valence-corrected chi connectivity index (χ4v) is 5.38. The molecule has 0 unspecified atom stereocenters. The van der Waals surface area contributed by atoms with Crippen molar-refractivity contribution in [2.45, 2.75) is 51.1 Å².